The minimum Gasteiger partial charge on any atom is -0.350 e. The smallest absolute Gasteiger partial charge is 0.273 e. The predicted molar refractivity (Wildman–Crippen MR) is 80.3 cm³/mol. The summed E-state index contributed by atoms with van der Waals surface area (Å²) in [6, 6.07) is 0. The molecule has 21 heavy (non-hydrogen) atoms. The quantitative estimate of drug-likeness (QED) is 0.726. The number of nitrogens with one attached hydrogen (secondary N) is 2. The van der Waals surface area contributed by atoms with Gasteiger partial charge in [-0.15, -0.1) is 0 Å². The zero-order chi connectivity index (χ0) is 16.4. The first-order chi connectivity index (χ1) is 9.50. The molecule has 120 valence electrons. The molecule has 0 aromatic carbocycles. The van der Waals surface area contributed by atoms with Gasteiger partial charge >= 0.3 is 0 Å². The zero-order valence-electron chi connectivity index (χ0n) is 13.1. The van der Waals surface area contributed by atoms with Crippen LogP contribution in [0.25, 0.3) is 0 Å². The van der Waals surface area contributed by atoms with Crippen molar-refractivity contribution in [2.75, 3.05) is 6.54 Å². The first kappa shape index (κ1) is 17.6. The van der Waals surface area contributed by atoms with E-state index in [9.17, 15) is 13.2 Å². The third-order valence-corrected chi connectivity index (χ3v) is 4.92. The molecule has 0 spiro atoms. The Morgan fingerprint density at radius 3 is 2.43 bits per heavy atom. The fraction of sp³-hybridized carbons (Fsp3) is 0.692. The van der Waals surface area contributed by atoms with E-state index in [1.54, 1.807) is 6.92 Å². The number of primary sulfonamides is 1. The lowest BCUT2D eigenvalue weighted by Gasteiger charge is -2.29. The molecule has 0 fully saturated rings. The SMILES string of the molecule is CCc1[nH]nc(C(=O)NCC(C)(C)C(C)C)c1S(N)(=O)=O. The second-order valence-corrected chi connectivity index (χ2v) is 7.60. The van der Waals surface area contributed by atoms with Gasteiger partial charge in [-0.3, -0.25) is 9.89 Å². The van der Waals surface area contributed by atoms with Crippen LogP contribution < -0.4 is 10.5 Å². The first-order valence-electron chi connectivity index (χ1n) is 6.89. The Morgan fingerprint density at radius 1 is 1.43 bits per heavy atom. The molecular weight excluding hydrogens is 292 g/mol. The molecule has 4 N–H and O–H groups in total. The van der Waals surface area contributed by atoms with Crippen molar-refractivity contribution in [2.24, 2.45) is 16.5 Å². The van der Waals surface area contributed by atoms with Crippen LogP contribution in [0.15, 0.2) is 4.90 Å². The highest BCUT2D eigenvalue weighted by atomic mass is 32.2. The normalized spacial score (nSPS) is 12.7. The van der Waals surface area contributed by atoms with Crippen LogP contribution in [0.1, 0.15) is 50.8 Å². The number of sulfonamides is 1. The maximum atomic E-state index is 12.2. The molecule has 8 heteroatoms. The standard InChI is InChI=1S/C13H24N4O3S/c1-6-9-11(21(14,19)20)10(17-16-9)12(18)15-7-13(4,5)8(2)3/h8H,6-7H2,1-5H3,(H,15,18)(H,16,17)(H2,14,19,20). The second-order valence-electron chi connectivity index (χ2n) is 6.10. The third-order valence-electron chi connectivity index (χ3n) is 3.91. The molecule has 1 aromatic heterocycles. The van der Waals surface area contributed by atoms with Crippen molar-refractivity contribution in [2.45, 2.75) is 45.9 Å². The van der Waals surface area contributed by atoms with Crippen LogP contribution in [0.5, 0.6) is 0 Å². The van der Waals surface area contributed by atoms with Crippen molar-refractivity contribution in [3.05, 3.63) is 11.4 Å². The fourth-order valence-electron chi connectivity index (χ4n) is 1.66. The highest BCUT2D eigenvalue weighted by molar-refractivity contribution is 7.89. The summed E-state index contributed by atoms with van der Waals surface area (Å²) < 4.78 is 23.3. The largest absolute Gasteiger partial charge is 0.350 e. The van der Waals surface area contributed by atoms with Crippen molar-refractivity contribution >= 4 is 15.9 Å². The van der Waals surface area contributed by atoms with Crippen LogP contribution >= 0.6 is 0 Å². The van der Waals surface area contributed by atoms with Gasteiger partial charge in [-0.2, -0.15) is 5.10 Å². The molecule has 0 bridgehead atoms. The van der Waals surface area contributed by atoms with E-state index in [-0.39, 0.29) is 16.0 Å². The van der Waals surface area contributed by atoms with E-state index in [0.29, 0.717) is 24.6 Å². The number of aromatic amines is 1. The number of nitrogens with zero attached hydrogens (tertiary/aromatic N) is 1. The number of aromatic nitrogens is 2. The van der Waals surface area contributed by atoms with Crippen LogP contribution in [0.2, 0.25) is 0 Å². The summed E-state index contributed by atoms with van der Waals surface area (Å²) in [7, 11) is -4.00. The maximum Gasteiger partial charge on any atom is 0.273 e. The lowest BCUT2D eigenvalue weighted by molar-refractivity contribution is 0.0916. The second kappa shape index (κ2) is 6.15. The van der Waals surface area contributed by atoms with Crippen LogP contribution in [0.4, 0.5) is 0 Å². The van der Waals surface area contributed by atoms with Gasteiger partial charge < -0.3 is 5.32 Å². The average Bonchev–Trinajstić information content (AvgIpc) is 2.79. The summed E-state index contributed by atoms with van der Waals surface area (Å²) in [4.78, 5) is 12.0. The summed E-state index contributed by atoms with van der Waals surface area (Å²) in [5.74, 6) is -0.176. The van der Waals surface area contributed by atoms with Gasteiger partial charge in [0, 0.05) is 6.54 Å². The minimum atomic E-state index is -4.00. The molecule has 1 rings (SSSR count). The molecule has 0 unspecified atom stereocenters. The molecule has 0 radical (unpaired) electrons. The fourth-order valence-corrected chi connectivity index (χ4v) is 2.61. The Morgan fingerprint density at radius 2 is 2.00 bits per heavy atom. The van der Waals surface area contributed by atoms with E-state index >= 15 is 0 Å². The predicted octanol–water partition coefficient (Wildman–Crippen LogP) is 1.03. The highest BCUT2D eigenvalue weighted by Gasteiger charge is 2.28. The van der Waals surface area contributed by atoms with Crippen LogP contribution in [0.3, 0.4) is 0 Å². The lowest BCUT2D eigenvalue weighted by Crippen LogP contribution is -2.37. The summed E-state index contributed by atoms with van der Waals surface area (Å²) >= 11 is 0. The van der Waals surface area contributed by atoms with Gasteiger partial charge in [-0.05, 0) is 17.8 Å². The number of aryl methyl sites for hydroxylation is 1. The van der Waals surface area contributed by atoms with Gasteiger partial charge in [-0.25, -0.2) is 13.6 Å². The number of carbonyl (C=O) groups excluding carboxylic acids is 1. The Balaban J connectivity index is 3.02. The number of H-pyrrole nitrogens is 1. The molecule has 0 saturated heterocycles. The van der Waals surface area contributed by atoms with E-state index in [1.807, 2.05) is 13.8 Å². The Hall–Kier alpha value is -1.41. The van der Waals surface area contributed by atoms with Crippen molar-refractivity contribution in [1.29, 1.82) is 0 Å². The molecule has 0 aliphatic heterocycles. The first-order valence-corrected chi connectivity index (χ1v) is 8.43. The topological polar surface area (TPSA) is 118 Å². The summed E-state index contributed by atoms with van der Waals surface area (Å²) in [6.45, 7) is 10.4. The van der Waals surface area contributed by atoms with Crippen molar-refractivity contribution in [1.82, 2.24) is 15.5 Å². The number of rotatable bonds is 6. The Bertz CT molecular complexity index is 617. The van der Waals surface area contributed by atoms with E-state index in [2.05, 4.69) is 29.4 Å². The van der Waals surface area contributed by atoms with Crippen LogP contribution in [0, 0.1) is 11.3 Å². The van der Waals surface area contributed by atoms with Crippen molar-refractivity contribution < 1.29 is 13.2 Å². The minimum absolute atomic E-state index is 0.110. The van der Waals surface area contributed by atoms with Crippen molar-refractivity contribution in [3.8, 4) is 0 Å². The summed E-state index contributed by atoms with van der Waals surface area (Å²) in [5, 5.41) is 14.3. The van der Waals surface area contributed by atoms with Crippen molar-refractivity contribution in [3.63, 3.8) is 0 Å². The number of amides is 1. The van der Waals surface area contributed by atoms with Crippen LogP contribution in [-0.4, -0.2) is 31.1 Å². The van der Waals surface area contributed by atoms with E-state index in [1.165, 1.54) is 0 Å². The Labute approximate surface area is 125 Å². The van der Waals surface area contributed by atoms with E-state index < -0.39 is 15.9 Å². The van der Waals surface area contributed by atoms with Gasteiger partial charge in [0.2, 0.25) is 10.0 Å². The number of nitrogens with two attached hydrogens (primary N) is 1. The molecule has 1 amide bonds. The van der Waals surface area contributed by atoms with E-state index in [4.69, 9.17) is 5.14 Å². The number of hydrogen-bond acceptors (Lipinski definition) is 4. The Kier molecular flexibility index (Phi) is 5.16. The highest BCUT2D eigenvalue weighted by Crippen LogP contribution is 2.25. The number of carbonyl (C=O) groups is 1. The van der Waals surface area contributed by atoms with E-state index in [0.717, 1.165) is 0 Å². The molecule has 0 atom stereocenters. The van der Waals surface area contributed by atoms with Gasteiger partial charge in [0.15, 0.2) is 5.69 Å². The lowest BCUT2D eigenvalue weighted by atomic mass is 9.81. The van der Waals surface area contributed by atoms with Gasteiger partial charge in [0.1, 0.15) is 4.90 Å². The molecule has 7 nitrogen and oxygen atoms in total. The molecule has 0 aliphatic rings. The average molecular weight is 316 g/mol. The molecule has 1 heterocycles. The molecule has 1 aromatic rings. The van der Waals surface area contributed by atoms with Crippen LogP contribution in [-0.2, 0) is 16.4 Å². The number of hydrogen-bond donors (Lipinski definition) is 3. The zero-order valence-corrected chi connectivity index (χ0v) is 14.0. The monoisotopic (exact) mass is 316 g/mol. The molecular formula is C13H24N4O3S. The maximum absolute atomic E-state index is 12.2. The summed E-state index contributed by atoms with van der Waals surface area (Å²) in [5.41, 5.74) is 0.0566. The third kappa shape index (κ3) is 4.04. The van der Waals surface area contributed by atoms with Gasteiger partial charge in [0.05, 0.1) is 5.69 Å². The van der Waals surface area contributed by atoms with Gasteiger partial charge in [0.25, 0.3) is 5.91 Å². The molecule has 0 aliphatic carbocycles. The molecule has 0 saturated carbocycles. The summed E-state index contributed by atoms with van der Waals surface area (Å²) in [6.07, 6.45) is 0.392. The van der Waals surface area contributed by atoms with Gasteiger partial charge in [-0.1, -0.05) is 34.6 Å².